The lowest BCUT2D eigenvalue weighted by atomic mass is 9.95. The molecule has 6 heteroatoms. The molecule has 0 aromatic carbocycles. The highest BCUT2D eigenvalue weighted by Crippen LogP contribution is 2.17. The summed E-state index contributed by atoms with van der Waals surface area (Å²) in [4.78, 5) is 35.0. The summed E-state index contributed by atoms with van der Waals surface area (Å²) in [5.74, 6) is 0.00162. The molecular weight excluding hydrogens is 376 g/mol. The Morgan fingerprint density at radius 2 is 1.90 bits per heavy atom. The van der Waals surface area contributed by atoms with Crippen LogP contribution >= 0.6 is 0 Å². The first-order valence-corrected chi connectivity index (χ1v) is 10.5. The molecule has 0 aliphatic rings. The zero-order chi connectivity index (χ0) is 22.1. The van der Waals surface area contributed by atoms with Crippen LogP contribution in [-0.2, 0) is 28.9 Å². The van der Waals surface area contributed by atoms with Gasteiger partial charge in [-0.05, 0) is 42.2 Å². The normalized spacial score (nSPS) is 12.3. The molecule has 1 unspecified atom stereocenters. The Labute approximate surface area is 180 Å². The van der Waals surface area contributed by atoms with Gasteiger partial charge in [0.15, 0.2) is 0 Å². The highest BCUT2D eigenvalue weighted by Gasteiger charge is 2.24. The van der Waals surface area contributed by atoms with Crippen LogP contribution in [-0.4, -0.2) is 46.8 Å². The van der Waals surface area contributed by atoms with Gasteiger partial charge in [-0.3, -0.25) is 19.6 Å². The van der Waals surface area contributed by atoms with Crippen molar-refractivity contribution in [3.8, 4) is 0 Å². The van der Waals surface area contributed by atoms with Crippen LogP contribution in [0.1, 0.15) is 44.5 Å². The number of rotatable bonds is 9. The zero-order valence-electron chi connectivity index (χ0n) is 18.8. The molecule has 2 amide bonds. The van der Waals surface area contributed by atoms with Crippen molar-refractivity contribution in [2.24, 2.45) is 11.3 Å². The van der Waals surface area contributed by atoms with Crippen LogP contribution in [0.15, 0.2) is 42.9 Å². The molecule has 0 aliphatic carbocycles. The van der Waals surface area contributed by atoms with Crippen molar-refractivity contribution in [1.82, 2.24) is 20.2 Å². The molecule has 1 atom stereocenters. The maximum atomic E-state index is 12.4. The van der Waals surface area contributed by atoms with Crippen LogP contribution in [0.2, 0.25) is 0 Å². The largest absolute Gasteiger partial charge is 0.356 e. The maximum absolute atomic E-state index is 12.4. The number of nitrogens with zero attached hydrogens (tertiary/aromatic N) is 3. The molecule has 1 N–H and O–H groups in total. The lowest BCUT2D eigenvalue weighted by molar-refractivity contribution is -0.138. The van der Waals surface area contributed by atoms with Crippen molar-refractivity contribution >= 4 is 11.8 Å². The number of hydrogen-bond acceptors (Lipinski definition) is 4. The molecule has 30 heavy (non-hydrogen) atoms. The highest BCUT2D eigenvalue weighted by molar-refractivity contribution is 5.81. The van der Waals surface area contributed by atoms with Crippen molar-refractivity contribution in [3.05, 3.63) is 59.7 Å². The van der Waals surface area contributed by atoms with Crippen molar-refractivity contribution in [3.63, 3.8) is 0 Å². The minimum atomic E-state index is -0.377. The van der Waals surface area contributed by atoms with E-state index in [4.69, 9.17) is 0 Å². The van der Waals surface area contributed by atoms with Crippen LogP contribution in [0, 0.1) is 11.3 Å². The van der Waals surface area contributed by atoms with E-state index in [1.807, 2.05) is 65.2 Å². The Morgan fingerprint density at radius 3 is 2.57 bits per heavy atom. The predicted molar refractivity (Wildman–Crippen MR) is 119 cm³/mol. The molecule has 0 aliphatic heterocycles. The molecule has 0 spiro atoms. The molecule has 162 valence electrons. The number of carbonyl (C=O) groups excluding carboxylic acids is 2. The molecule has 2 rings (SSSR count). The Bertz CT molecular complexity index is 831. The van der Waals surface area contributed by atoms with Crippen molar-refractivity contribution in [2.75, 3.05) is 20.1 Å². The minimum absolute atomic E-state index is 0.0293. The van der Waals surface area contributed by atoms with Crippen LogP contribution in [0.3, 0.4) is 0 Å². The molecule has 0 bridgehead atoms. The van der Waals surface area contributed by atoms with E-state index < -0.39 is 0 Å². The second-order valence-corrected chi connectivity index (χ2v) is 8.89. The summed E-state index contributed by atoms with van der Waals surface area (Å²) in [6.07, 6.45) is 7.45. The van der Waals surface area contributed by atoms with E-state index in [1.165, 1.54) is 0 Å². The quantitative estimate of drug-likeness (QED) is 0.689. The van der Waals surface area contributed by atoms with Crippen molar-refractivity contribution in [2.45, 2.75) is 47.0 Å². The molecule has 2 aromatic heterocycles. The number of carbonyl (C=O) groups is 2. The molecule has 0 saturated carbocycles. The summed E-state index contributed by atoms with van der Waals surface area (Å²) in [6.45, 7) is 8.96. The lowest BCUT2D eigenvalue weighted by Crippen LogP contribution is -2.37. The smallest absolute Gasteiger partial charge is 0.227 e. The highest BCUT2D eigenvalue weighted by atomic mass is 16.2. The Morgan fingerprint density at radius 1 is 1.13 bits per heavy atom. The first kappa shape index (κ1) is 23.5. The van der Waals surface area contributed by atoms with E-state index in [9.17, 15) is 9.59 Å². The Kier molecular flexibility index (Phi) is 8.51. The van der Waals surface area contributed by atoms with Crippen molar-refractivity contribution in [1.29, 1.82) is 0 Å². The zero-order valence-corrected chi connectivity index (χ0v) is 18.8. The standard InChI is InChI=1S/C24H34N4O2/c1-18(22(29)27-13-9-20-7-6-11-25-17-20)15-21-16-19(8-12-26-21)10-14-28(5)23(30)24(2,3)4/h6-8,11-12,16-18H,9-10,13-15H2,1-5H3,(H,27,29). The van der Waals surface area contributed by atoms with Crippen molar-refractivity contribution < 1.29 is 9.59 Å². The molecule has 0 fully saturated rings. The number of nitrogens with one attached hydrogen (secondary N) is 1. The van der Waals surface area contributed by atoms with Crippen LogP contribution in [0.25, 0.3) is 0 Å². The van der Waals surface area contributed by atoms with Crippen LogP contribution < -0.4 is 5.32 Å². The summed E-state index contributed by atoms with van der Waals surface area (Å²) in [5, 5.41) is 2.99. The second kappa shape index (κ2) is 10.9. The van der Waals surface area contributed by atoms with Gasteiger partial charge in [0.1, 0.15) is 0 Å². The van der Waals surface area contributed by atoms with Gasteiger partial charge in [-0.15, -0.1) is 0 Å². The van der Waals surface area contributed by atoms with E-state index in [2.05, 4.69) is 15.3 Å². The van der Waals surface area contributed by atoms with Gasteiger partial charge in [0.05, 0.1) is 0 Å². The topological polar surface area (TPSA) is 75.2 Å². The fourth-order valence-corrected chi connectivity index (χ4v) is 3.22. The van der Waals surface area contributed by atoms with E-state index in [0.717, 1.165) is 29.7 Å². The number of amides is 2. The molecule has 0 saturated heterocycles. The number of hydrogen-bond donors (Lipinski definition) is 1. The summed E-state index contributed by atoms with van der Waals surface area (Å²) < 4.78 is 0. The molecule has 2 heterocycles. The fraction of sp³-hybridized carbons (Fsp3) is 0.500. The van der Waals surface area contributed by atoms with Gasteiger partial charge in [0.25, 0.3) is 0 Å². The van der Waals surface area contributed by atoms with E-state index in [-0.39, 0.29) is 23.1 Å². The predicted octanol–water partition coefficient (Wildman–Crippen LogP) is 3.06. The van der Waals surface area contributed by atoms with E-state index in [1.54, 1.807) is 17.3 Å². The summed E-state index contributed by atoms with van der Waals surface area (Å²) in [5.41, 5.74) is 2.75. The lowest BCUT2D eigenvalue weighted by Gasteiger charge is -2.26. The van der Waals surface area contributed by atoms with E-state index in [0.29, 0.717) is 19.5 Å². The molecule has 6 nitrogen and oxygen atoms in total. The SMILES string of the molecule is CC(Cc1cc(CCN(C)C(=O)C(C)(C)C)ccn1)C(=O)NCCc1cccnc1. The van der Waals surface area contributed by atoms with Gasteiger partial charge in [-0.25, -0.2) is 0 Å². The molecule has 0 radical (unpaired) electrons. The Hall–Kier alpha value is -2.76. The third kappa shape index (κ3) is 7.58. The van der Waals surface area contributed by atoms with Crippen LogP contribution in [0.5, 0.6) is 0 Å². The van der Waals surface area contributed by atoms with Gasteiger partial charge in [-0.1, -0.05) is 33.8 Å². The maximum Gasteiger partial charge on any atom is 0.227 e. The van der Waals surface area contributed by atoms with Gasteiger partial charge < -0.3 is 10.2 Å². The summed E-state index contributed by atoms with van der Waals surface area (Å²) in [7, 11) is 1.84. The van der Waals surface area contributed by atoms with Gasteiger partial charge >= 0.3 is 0 Å². The summed E-state index contributed by atoms with van der Waals surface area (Å²) in [6, 6.07) is 7.91. The Balaban J connectivity index is 1.82. The summed E-state index contributed by atoms with van der Waals surface area (Å²) >= 11 is 0. The number of pyridine rings is 2. The van der Waals surface area contributed by atoms with Gasteiger partial charge in [0.2, 0.25) is 11.8 Å². The first-order valence-electron chi connectivity index (χ1n) is 10.5. The number of likely N-dealkylation sites (N-methyl/N-ethyl adjacent to an activating group) is 1. The molecule has 2 aromatic rings. The third-order valence-electron chi connectivity index (χ3n) is 5.00. The van der Waals surface area contributed by atoms with Gasteiger partial charge in [-0.2, -0.15) is 0 Å². The molecular formula is C24H34N4O2. The van der Waals surface area contributed by atoms with E-state index >= 15 is 0 Å². The first-order chi connectivity index (χ1) is 14.2. The van der Waals surface area contributed by atoms with Gasteiger partial charge in [0, 0.05) is 62.2 Å². The fourth-order valence-electron chi connectivity index (χ4n) is 3.22. The number of aromatic nitrogens is 2. The second-order valence-electron chi connectivity index (χ2n) is 8.89. The average Bonchev–Trinajstić information content (AvgIpc) is 2.71. The minimum Gasteiger partial charge on any atom is -0.356 e. The van der Waals surface area contributed by atoms with Crippen LogP contribution in [0.4, 0.5) is 0 Å². The monoisotopic (exact) mass is 410 g/mol. The third-order valence-corrected chi connectivity index (χ3v) is 5.00. The average molecular weight is 411 g/mol.